The van der Waals surface area contributed by atoms with E-state index in [1.165, 1.54) is 0 Å². The number of aromatic nitrogens is 2. The molecule has 0 unspecified atom stereocenters. The molecule has 0 aliphatic heterocycles. The largest absolute Gasteiger partial charge is 0.344 e. The third-order valence-electron chi connectivity index (χ3n) is 1.32. The Morgan fingerprint density at radius 2 is 2.40 bits per heavy atom. The van der Waals surface area contributed by atoms with Crippen molar-refractivity contribution in [3.63, 3.8) is 0 Å². The second-order valence-corrected chi connectivity index (χ2v) is 2.37. The Labute approximate surface area is 64.6 Å². The highest BCUT2D eigenvalue weighted by molar-refractivity contribution is 6.30. The first-order chi connectivity index (χ1) is 4.77. The van der Waals surface area contributed by atoms with Gasteiger partial charge in [0.05, 0.1) is 5.69 Å². The lowest BCUT2D eigenvalue weighted by molar-refractivity contribution is 0.949. The average molecular weight is 160 g/mol. The molecule has 0 saturated heterocycles. The highest BCUT2D eigenvalue weighted by Gasteiger charge is 2.03. The van der Waals surface area contributed by atoms with Crippen LogP contribution in [0, 0.1) is 0 Å². The van der Waals surface area contributed by atoms with Crippen LogP contribution in [-0.2, 0) is 13.0 Å². The fourth-order valence-electron chi connectivity index (χ4n) is 0.742. The Morgan fingerprint density at radius 3 is 2.70 bits per heavy atom. The van der Waals surface area contributed by atoms with Crippen LogP contribution in [0.25, 0.3) is 0 Å². The number of halogens is 1. The van der Waals surface area contributed by atoms with Gasteiger partial charge in [-0.05, 0) is 0 Å². The minimum Gasteiger partial charge on any atom is -0.344 e. The maximum atomic E-state index is 5.70. The number of aryl methyl sites for hydroxylation is 1. The van der Waals surface area contributed by atoms with E-state index in [9.17, 15) is 0 Å². The van der Waals surface area contributed by atoms with Crippen LogP contribution in [0.5, 0.6) is 0 Å². The summed E-state index contributed by atoms with van der Waals surface area (Å²) in [4.78, 5) is 7.04. The van der Waals surface area contributed by atoms with Crippen LogP contribution in [-0.4, -0.2) is 9.97 Å². The van der Waals surface area contributed by atoms with E-state index >= 15 is 0 Å². The lowest BCUT2D eigenvalue weighted by Gasteiger charge is -1.87. The zero-order valence-electron chi connectivity index (χ0n) is 5.82. The lowest BCUT2D eigenvalue weighted by Crippen LogP contribution is -1.96. The summed E-state index contributed by atoms with van der Waals surface area (Å²) in [5.74, 6) is 0.894. The number of hydrogen-bond acceptors (Lipinski definition) is 2. The summed E-state index contributed by atoms with van der Waals surface area (Å²) in [7, 11) is 0. The molecule has 0 spiro atoms. The predicted molar refractivity (Wildman–Crippen MR) is 40.9 cm³/mol. The van der Waals surface area contributed by atoms with Gasteiger partial charge < -0.3 is 10.7 Å². The van der Waals surface area contributed by atoms with E-state index in [-0.39, 0.29) is 0 Å². The topological polar surface area (TPSA) is 54.7 Å². The molecule has 0 aliphatic rings. The van der Waals surface area contributed by atoms with Crippen LogP contribution in [0.1, 0.15) is 18.4 Å². The molecule has 3 N–H and O–H groups in total. The van der Waals surface area contributed by atoms with Crippen molar-refractivity contribution >= 4 is 11.6 Å². The average Bonchev–Trinajstić information content (AvgIpc) is 2.30. The van der Waals surface area contributed by atoms with Crippen molar-refractivity contribution < 1.29 is 0 Å². The number of rotatable bonds is 2. The monoisotopic (exact) mass is 159 g/mol. The summed E-state index contributed by atoms with van der Waals surface area (Å²) in [6.45, 7) is 2.43. The molecule has 3 nitrogen and oxygen atoms in total. The second-order valence-electron chi connectivity index (χ2n) is 2.01. The summed E-state index contributed by atoms with van der Waals surface area (Å²) in [6.07, 6.45) is 0.861. The fraction of sp³-hybridized carbons (Fsp3) is 0.500. The van der Waals surface area contributed by atoms with Crippen molar-refractivity contribution in [1.29, 1.82) is 0 Å². The summed E-state index contributed by atoms with van der Waals surface area (Å²) in [5, 5.41) is 0.499. The quantitative estimate of drug-likeness (QED) is 0.679. The van der Waals surface area contributed by atoms with E-state index < -0.39 is 0 Å². The van der Waals surface area contributed by atoms with Gasteiger partial charge in [-0.25, -0.2) is 4.98 Å². The fourth-order valence-corrected chi connectivity index (χ4v) is 0.969. The maximum absolute atomic E-state index is 5.70. The van der Waals surface area contributed by atoms with Crippen LogP contribution >= 0.6 is 11.6 Å². The van der Waals surface area contributed by atoms with Crippen LogP contribution in [0.2, 0.25) is 5.15 Å². The van der Waals surface area contributed by atoms with Crippen molar-refractivity contribution in [3.05, 3.63) is 16.7 Å². The Morgan fingerprint density at radius 1 is 1.70 bits per heavy atom. The molecule has 1 aromatic heterocycles. The number of nitrogens with one attached hydrogen (secondary N) is 1. The molecule has 4 heteroatoms. The molecule has 0 bridgehead atoms. The zero-order chi connectivity index (χ0) is 7.56. The van der Waals surface area contributed by atoms with E-state index in [1.54, 1.807) is 0 Å². The molecule has 10 heavy (non-hydrogen) atoms. The van der Waals surface area contributed by atoms with E-state index in [4.69, 9.17) is 17.3 Å². The summed E-state index contributed by atoms with van der Waals surface area (Å²) < 4.78 is 0. The van der Waals surface area contributed by atoms with Gasteiger partial charge in [0.15, 0.2) is 5.15 Å². The third-order valence-corrected chi connectivity index (χ3v) is 1.63. The Hall–Kier alpha value is -0.540. The Bertz CT molecular complexity index is 219. The van der Waals surface area contributed by atoms with E-state index in [2.05, 4.69) is 9.97 Å². The maximum Gasteiger partial charge on any atom is 0.151 e. The first-order valence-corrected chi connectivity index (χ1v) is 3.59. The van der Waals surface area contributed by atoms with E-state index in [0.717, 1.165) is 17.9 Å². The van der Waals surface area contributed by atoms with Crippen molar-refractivity contribution in [2.75, 3.05) is 0 Å². The van der Waals surface area contributed by atoms with Crippen LogP contribution in [0.15, 0.2) is 0 Å². The van der Waals surface area contributed by atoms with Crippen molar-refractivity contribution in [3.8, 4) is 0 Å². The smallest absolute Gasteiger partial charge is 0.151 e. The minimum absolute atomic E-state index is 0.422. The minimum atomic E-state index is 0.422. The molecule has 0 fully saturated rings. The number of nitrogens with two attached hydrogens (primary N) is 1. The lowest BCUT2D eigenvalue weighted by atomic mass is 10.5. The van der Waals surface area contributed by atoms with Crippen molar-refractivity contribution in [2.45, 2.75) is 19.9 Å². The van der Waals surface area contributed by atoms with Crippen molar-refractivity contribution in [2.24, 2.45) is 5.73 Å². The molecule has 1 heterocycles. The van der Waals surface area contributed by atoms with E-state index in [0.29, 0.717) is 11.7 Å². The molecule has 1 aromatic rings. The van der Waals surface area contributed by atoms with Gasteiger partial charge in [-0.1, -0.05) is 18.5 Å². The molecular formula is C6H10ClN3. The normalized spacial score (nSPS) is 10.3. The summed E-state index contributed by atoms with van der Waals surface area (Å²) in [6, 6.07) is 0. The van der Waals surface area contributed by atoms with Gasteiger partial charge in [-0.15, -0.1) is 0 Å². The van der Waals surface area contributed by atoms with Crippen LogP contribution < -0.4 is 5.73 Å². The first kappa shape index (κ1) is 7.57. The molecule has 0 atom stereocenters. The zero-order valence-corrected chi connectivity index (χ0v) is 6.57. The SMILES string of the molecule is CCc1nc(Cl)c(CN)[nH]1. The van der Waals surface area contributed by atoms with Gasteiger partial charge in [0.25, 0.3) is 0 Å². The Kier molecular flexibility index (Phi) is 2.29. The molecule has 0 aliphatic carbocycles. The standard InChI is InChI=1S/C6H10ClN3/c1-2-5-9-4(3-8)6(7)10-5/h2-3,8H2,1H3,(H,9,10). The van der Waals surface area contributed by atoms with Crippen molar-refractivity contribution in [1.82, 2.24) is 9.97 Å². The number of aromatic amines is 1. The van der Waals surface area contributed by atoms with Gasteiger partial charge in [-0.2, -0.15) is 0 Å². The number of hydrogen-bond donors (Lipinski definition) is 2. The predicted octanol–water partition coefficient (Wildman–Crippen LogP) is 1.08. The van der Waals surface area contributed by atoms with Gasteiger partial charge in [0, 0.05) is 13.0 Å². The van der Waals surface area contributed by atoms with Gasteiger partial charge in [0.1, 0.15) is 5.82 Å². The molecule has 1 rings (SSSR count). The third kappa shape index (κ3) is 1.30. The molecule has 0 saturated carbocycles. The second kappa shape index (κ2) is 3.03. The Balaban J connectivity index is 2.92. The molecule has 0 radical (unpaired) electrons. The van der Waals surface area contributed by atoms with Gasteiger partial charge in [0.2, 0.25) is 0 Å². The summed E-state index contributed by atoms with van der Waals surface area (Å²) in [5.41, 5.74) is 6.18. The molecule has 0 amide bonds. The first-order valence-electron chi connectivity index (χ1n) is 3.21. The number of imidazole rings is 1. The summed E-state index contributed by atoms with van der Waals surface area (Å²) >= 11 is 5.70. The molecular weight excluding hydrogens is 150 g/mol. The highest BCUT2D eigenvalue weighted by Crippen LogP contribution is 2.11. The van der Waals surface area contributed by atoms with E-state index in [1.807, 2.05) is 6.92 Å². The highest BCUT2D eigenvalue weighted by atomic mass is 35.5. The van der Waals surface area contributed by atoms with Crippen LogP contribution in [0.4, 0.5) is 0 Å². The van der Waals surface area contributed by atoms with Gasteiger partial charge in [-0.3, -0.25) is 0 Å². The number of nitrogens with zero attached hydrogens (tertiary/aromatic N) is 1. The van der Waals surface area contributed by atoms with Gasteiger partial charge >= 0.3 is 0 Å². The number of H-pyrrole nitrogens is 1. The molecule has 0 aromatic carbocycles. The van der Waals surface area contributed by atoms with Crippen LogP contribution in [0.3, 0.4) is 0 Å². The molecule has 56 valence electrons.